The minimum Gasteiger partial charge on any atom is -0.449 e. The monoisotopic (exact) mass is 274 g/mol. The number of hydrogen-bond donors (Lipinski definition) is 3. The first kappa shape index (κ1) is 17.9. The summed E-state index contributed by atoms with van der Waals surface area (Å²) in [5.74, 6) is -0.401. The van der Waals surface area contributed by atoms with Crippen molar-refractivity contribution in [1.82, 2.24) is 10.6 Å². The third-order valence-corrected chi connectivity index (χ3v) is 2.76. The molecule has 1 amide bonds. The summed E-state index contributed by atoms with van der Waals surface area (Å²) in [7, 11) is 0. The highest BCUT2D eigenvalue weighted by molar-refractivity contribution is 5.75. The molecule has 6 nitrogen and oxygen atoms in total. The Bertz CT molecular complexity index is 257. The average Bonchev–Trinajstić information content (AvgIpc) is 2.40. The number of hydrogen-bond acceptors (Lipinski definition) is 5. The highest BCUT2D eigenvalue weighted by Crippen LogP contribution is 2.15. The maximum atomic E-state index is 11.5. The lowest BCUT2D eigenvalue weighted by molar-refractivity contribution is -0.156. The topological polar surface area (TPSA) is 87.7 Å². The molecule has 0 aliphatic heterocycles. The van der Waals surface area contributed by atoms with Gasteiger partial charge in [0.2, 0.25) is 6.41 Å². The molecule has 0 rings (SSSR count). The lowest BCUT2D eigenvalue weighted by Gasteiger charge is -2.19. The van der Waals surface area contributed by atoms with E-state index >= 15 is 0 Å². The molecule has 0 aromatic carbocycles. The summed E-state index contributed by atoms with van der Waals surface area (Å²) in [5, 5.41) is 14.6. The molecular formula is C13H26N2O4. The molecule has 6 heteroatoms. The van der Waals surface area contributed by atoms with Crippen LogP contribution in [0.25, 0.3) is 0 Å². The first-order valence-electron chi connectivity index (χ1n) is 6.70. The van der Waals surface area contributed by atoms with Gasteiger partial charge in [0, 0.05) is 6.54 Å². The van der Waals surface area contributed by atoms with E-state index in [9.17, 15) is 9.59 Å². The van der Waals surface area contributed by atoms with Crippen molar-refractivity contribution in [2.24, 2.45) is 5.41 Å². The molecule has 0 atom stereocenters. The molecule has 0 aliphatic rings. The highest BCUT2D eigenvalue weighted by Gasteiger charge is 2.28. The summed E-state index contributed by atoms with van der Waals surface area (Å²) in [6.07, 6.45) is 4.84. The maximum Gasteiger partial charge on any atom is 0.315 e. The molecule has 0 aromatic rings. The van der Waals surface area contributed by atoms with Crippen molar-refractivity contribution in [2.75, 3.05) is 26.4 Å². The van der Waals surface area contributed by atoms with Gasteiger partial charge in [0.05, 0.1) is 12.0 Å². The Morgan fingerprint density at radius 3 is 2.42 bits per heavy atom. The highest BCUT2D eigenvalue weighted by atomic mass is 16.5. The SMILES string of the molecule is CC(C)(CO)C(=O)OCNCCCCCCNC=O. The van der Waals surface area contributed by atoms with E-state index in [2.05, 4.69) is 10.6 Å². The summed E-state index contributed by atoms with van der Waals surface area (Å²) in [6.45, 7) is 4.75. The molecule has 0 bridgehead atoms. The van der Waals surface area contributed by atoms with Gasteiger partial charge >= 0.3 is 5.97 Å². The van der Waals surface area contributed by atoms with Crippen LogP contribution >= 0.6 is 0 Å². The van der Waals surface area contributed by atoms with Crippen LogP contribution in [0.2, 0.25) is 0 Å². The van der Waals surface area contributed by atoms with Gasteiger partial charge in [-0.25, -0.2) is 0 Å². The van der Waals surface area contributed by atoms with E-state index in [0.717, 1.165) is 38.8 Å². The van der Waals surface area contributed by atoms with Crippen molar-refractivity contribution in [3.05, 3.63) is 0 Å². The zero-order valence-electron chi connectivity index (χ0n) is 11.9. The molecule has 19 heavy (non-hydrogen) atoms. The molecule has 0 aliphatic carbocycles. The van der Waals surface area contributed by atoms with Crippen molar-refractivity contribution in [3.63, 3.8) is 0 Å². The number of carbonyl (C=O) groups is 2. The van der Waals surface area contributed by atoms with E-state index < -0.39 is 11.4 Å². The van der Waals surface area contributed by atoms with E-state index in [0.29, 0.717) is 6.41 Å². The van der Waals surface area contributed by atoms with E-state index in [-0.39, 0.29) is 13.3 Å². The normalized spacial score (nSPS) is 11.1. The van der Waals surface area contributed by atoms with Crippen molar-refractivity contribution in [1.29, 1.82) is 0 Å². The number of unbranched alkanes of at least 4 members (excludes halogenated alkanes) is 3. The Labute approximate surface area is 114 Å². The van der Waals surface area contributed by atoms with Gasteiger partial charge in [-0.15, -0.1) is 0 Å². The van der Waals surface area contributed by atoms with E-state index in [1.807, 2.05) is 0 Å². The third kappa shape index (κ3) is 9.44. The fourth-order valence-corrected chi connectivity index (χ4v) is 1.34. The molecule has 0 fully saturated rings. The van der Waals surface area contributed by atoms with Crippen LogP contribution in [0.15, 0.2) is 0 Å². The van der Waals surface area contributed by atoms with Crippen LogP contribution in [0.1, 0.15) is 39.5 Å². The molecular weight excluding hydrogens is 248 g/mol. The Morgan fingerprint density at radius 1 is 1.21 bits per heavy atom. The Balaban J connectivity index is 3.32. The third-order valence-electron chi connectivity index (χ3n) is 2.76. The summed E-state index contributed by atoms with van der Waals surface area (Å²) >= 11 is 0. The number of aliphatic hydroxyl groups is 1. The lowest BCUT2D eigenvalue weighted by Crippen LogP contribution is -2.33. The smallest absolute Gasteiger partial charge is 0.315 e. The van der Waals surface area contributed by atoms with Gasteiger partial charge in [-0.2, -0.15) is 0 Å². The van der Waals surface area contributed by atoms with Crippen molar-refractivity contribution < 1.29 is 19.4 Å². The second-order valence-electron chi connectivity index (χ2n) is 5.10. The number of esters is 1. The van der Waals surface area contributed by atoms with Crippen molar-refractivity contribution >= 4 is 12.4 Å². The number of nitrogens with one attached hydrogen (secondary N) is 2. The largest absolute Gasteiger partial charge is 0.449 e. The van der Waals surface area contributed by atoms with Crippen LogP contribution in [0.5, 0.6) is 0 Å². The molecule has 0 radical (unpaired) electrons. The number of ether oxygens (including phenoxy) is 1. The predicted molar refractivity (Wildman–Crippen MR) is 72.4 cm³/mol. The Kier molecular flexibility index (Phi) is 10.1. The average molecular weight is 274 g/mol. The number of rotatable bonds is 12. The molecule has 0 unspecified atom stereocenters. The molecule has 0 aromatic heterocycles. The van der Waals surface area contributed by atoms with E-state index in [1.54, 1.807) is 13.8 Å². The molecule has 0 saturated carbocycles. The molecule has 0 heterocycles. The first-order chi connectivity index (χ1) is 9.04. The zero-order valence-corrected chi connectivity index (χ0v) is 11.9. The quantitative estimate of drug-likeness (QED) is 0.207. The molecule has 0 saturated heterocycles. The fourth-order valence-electron chi connectivity index (χ4n) is 1.34. The van der Waals surface area contributed by atoms with Gasteiger partial charge < -0.3 is 15.2 Å². The van der Waals surface area contributed by atoms with Crippen molar-refractivity contribution in [2.45, 2.75) is 39.5 Å². The molecule has 3 N–H and O–H groups in total. The van der Waals surface area contributed by atoms with Crippen LogP contribution in [-0.4, -0.2) is 43.9 Å². The number of aliphatic hydroxyl groups excluding tert-OH is 1. The van der Waals surface area contributed by atoms with Gasteiger partial charge in [0.25, 0.3) is 0 Å². The first-order valence-corrected chi connectivity index (χ1v) is 6.70. The summed E-state index contributed by atoms with van der Waals surface area (Å²) in [6, 6.07) is 0. The van der Waals surface area contributed by atoms with E-state index in [1.165, 1.54) is 0 Å². The van der Waals surface area contributed by atoms with Crippen LogP contribution in [-0.2, 0) is 14.3 Å². The van der Waals surface area contributed by atoms with Gasteiger partial charge in [-0.3, -0.25) is 14.9 Å². The summed E-state index contributed by atoms with van der Waals surface area (Å²) in [5.41, 5.74) is -0.840. The molecule has 0 spiro atoms. The minimum atomic E-state index is -0.840. The van der Waals surface area contributed by atoms with Gasteiger partial charge in [0.15, 0.2) is 0 Å². The number of carbonyl (C=O) groups excluding carboxylic acids is 2. The Hall–Kier alpha value is -1.14. The second kappa shape index (κ2) is 10.8. The molecule has 112 valence electrons. The van der Waals surface area contributed by atoms with Crippen molar-refractivity contribution in [3.8, 4) is 0 Å². The number of amides is 1. The van der Waals surface area contributed by atoms with Gasteiger partial charge in [-0.1, -0.05) is 12.8 Å². The zero-order chi connectivity index (χ0) is 14.6. The van der Waals surface area contributed by atoms with E-state index in [4.69, 9.17) is 9.84 Å². The minimum absolute atomic E-state index is 0.176. The predicted octanol–water partition coefficient (Wildman–Crippen LogP) is 0.402. The second-order valence-corrected chi connectivity index (χ2v) is 5.10. The summed E-state index contributed by atoms with van der Waals surface area (Å²) < 4.78 is 5.00. The van der Waals surface area contributed by atoms with Gasteiger partial charge in [-0.05, 0) is 33.2 Å². The Morgan fingerprint density at radius 2 is 1.84 bits per heavy atom. The van der Waals surface area contributed by atoms with Crippen LogP contribution < -0.4 is 10.6 Å². The lowest BCUT2D eigenvalue weighted by atomic mass is 9.95. The van der Waals surface area contributed by atoms with Crippen LogP contribution in [0.3, 0.4) is 0 Å². The van der Waals surface area contributed by atoms with Crippen LogP contribution in [0, 0.1) is 5.41 Å². The maximum absolute atomic E-state index is 11.5. The summed E-state index contributed by atoms with van der Waals surface area (Å²) in [4.78, 5) is 21.5. The van der Waals surface area contributed by atoms with Gasteiger partial charge in [0.1, 0.15) is 6.73 Å². The fraction of sp³-hybridized carbons (Fsp3) is 0.846. The van der Waals surface area contributed by atoms with Crippen LogP contribution in [0.4, 0.5) is 0 Å². The standard InChI is InChI=1S/C13H26N2O4/c1-13(2,9-16)12(18)19-11-15-8-6-4-3-5-7-14-10-17/h10,15-16H,3-9,11H2,1-2H3,(H,14,17).